The molecule has 0 radical (unpaired) electrons. The van der Waals surface area contributed by atoms with E-state index in [0.29, 0.717) is 19.1 Å². The molecule has 2 aliphatic heterocycles. The number of fused-ring (bicyclic) bond motifs is 1. The fraction of sp³-hybridized carbons (Fsp3) is 0.857. The van der Waals surface area contributed by atoms with E-state index in [0.717, 1.165) is 0 Å². The Bertz CT molecular complexity index is 179. The molecule has 0 saturated carbocycles. The van der Waals surface area contributed by atoms with Crippen LogP contribution in [0.3, 0.4) is 0 Å². The molecule has 0 spiro atoms. The van der Waals surface area contributed by atoms with Crippen LogP contribution in [0.4, 0.5) is 4.79 Å². The molecule has 3 unspecified atom stereocenters. The Morgan fingerprint density at radius 1 is 1.36 bits per heavy atom. The Morgan fingerprint density at radius 3 is 2.91 bits per heavy atom. The highest BCUT2D eigenvalue weighted by Crippen LogP contribution is 2.31. The first-order chi connectivity index (χ1) is 5.27. The molecule has 0 aromatic rings. The monoisotopic (exact) mass is 158 g/mol. The minimum atomic E-state index is -0.578. The summed E-state index contributed by atoms with van der Waals surface area (Å²) in [6, 6.07) is 0. The summed E-state index contributed by atoms with van der Waals surface area (Å²) < 4.78 is 14.7. The van der Waals surface area contributed by atoms with Crippen LogP contribution in [-0.2, 0) is 14.2 Å². The first-order valence-electron chi connectivity index (χ1n) is 3.72. The summed E-state index contributed by atoms with van der Waals surface area (Å²) in [6.45, 7) is 2.75. The molecule has 3 atom stereocenters. The van der Waals surface area contributed by atoms with Gasteiger partial charge >= 0.3 is 6.16 Å². The topological polar surface area (TPSA) is 48.1 Å². The lowest BCUT2D eigenvalue weighted by molar-refractivity contribution is 0.0379. The lowest BCUT2D eigenvalue weighted by Gasteiger charge is -2.12. The lowest BCUT2D eigenvalue weighted by Crippen LogP contribution is -2.24. The van der Waals surface area contributed by atoms with Crippen LogP contribution < -0.4 is 0 Å². The summed E-state index contributed by atoms with van der Waals surface area (Å²) in [6.07, 6.45) is -0.216. The number of epoxide rings is 1. The number of cyclic esters (lactones) is 2. The molecule has 2 heterocycles. The first kappa shape index (κ1) is 6.91. The van der Waals surface area contributed by atoms with Gasteiger partial charge in [0.05, 0.1) is 6.10 Å². The molecular weight excluding hydrogens is 148 g/mol. The number of carbonyl (C=O) groups excluding carboxylic acids is 1. The molecule has 0 aliphatic carbocycles. The second-order valence-corrected chi connectivity index (χ2v) is 2.99. The van der Waals surface area contributed by atoms with Crippen LogP contribution in [0.15, 0.2) is 0 Å². The predicted octanol–water partition coefficient (Wildman–Crippen LogP) is 0.557. The second-order valence-electron chi connectivity index (χ2n) is 2.99. The average molecular weight is 158 g/mol. The number of carbonyl (C=O) groups is 1. The summed E-state index contributed by atoms with van der Waals surface area (Å²) in [4.78, 5) is 10.6. The maximum Gasteiger partial charge on any atom is 0.508 e. The third-order valence-corrected chi connectivity index (χ3v) is 2.01. The highest BCUT2D eigenvalue weighted by Gasteiger charge is 2.45. The fourth-order valence-electron chi connectivity index (χ4n) is 1.28. The largest absolute Gasteiger partial charge is 0.508 e. The molecule has 0 N–H and O–H groups in total. The highest BCUT2D eigenvalue weighted by atomic mass is 16.7. The molecule has 4 nitrogen and oxygen atoms in total. The Kier molecular flexibility index (Phi) is 1.49. The third kappa shape index (κ3) is 1.30. The third-order valence-electron chi connectivity index (χ3n) is 2.01. The van der Waals surface area contributed by atoms with E-state index in [1.807, 2.05) is 6.92 Å². The molecule has 11 heavy (non-hydrogen) atoms. The molecule has 2 fully saturated rings. The van der Waals surface area contributed by atoms with Gasteiger partial charge in [-0.1, -0.05) is 6.92 Å². The van der Waals surface area contributed by atoms with Crippen LogP contribution in [0.1, 0.15) is 6.92 Å². The van der Waals surface area contributed by atoms with Crippen molar-refractivity contribution >= 4 is 6.16 Å². The van der Waals surface area contributed by atoms with Crippen LogP contribution in [0.2, 0.25) is 0 Å². The van der Waals surface area contributed by atoms with Gasteiger partial charge in [-0.25, -0.2) is 4.79 Å². The quantitative estimate of drug-likeness (QED) is 0.381. The molecule has 2 saturated heterocycles. The van der Waals surface area contributed by atoms with Crippen molar-refractivity contribution < 1.29 is 19.0 Å². The Labute approximate surface area is 64.4 Å². The van der Waals surface area contributed by atoms with Crippen molar-refractivity contribution in [2.75, 3.05) is 13.2 Å². The number of hydrogen-bond donors (Lipinski definition) is 0. The van der Waals surface area contributed by atoms with Gasteiger partial charge in [0.2, 0.25) is 0 Å². The number of ether oxygens (including phenoxy) is 3. The summed E-state index contributed by atoms with van der Waals surface area (Å²) in [5.41, 5.74) is 0. The van der Waals surface area contributed by atoms with Crippen molar-refractivity contribution in [3.8, 4) is 0 Å². The van der Waals surface area contributed by atoms with Gasteiger partial charge in [-0.15, -0.1) is 0 Å². The van der Waals surface area contributed by atoms with Gasteiger partial charge in [0.25, 0.3) is 0 Å². The van der Waals surface area contributed by atoms with Crippen molar-refractivity contribution in [3.05, 3.63) is 0 Å². The maximum atomic E-state index is 10.6. The van der Waals surface area contributed by atoms with E-state index >= 15 is 0 Å². The Hall–Kier alpha value is -0.770. The zero-order valence-electron chi connectivity index (χ0n) is 6.28. The molecule has 0 aromatic heterocycles. The minimum Gasteiger partial charge on any atom is -0.434 e. The van der Waals surface area contributed by atoms with E-state index in [1.54, 1.807) is 0 Å². The standard InChI is InChI=1S/C7H10O4/c1-4-2-9-7(8)10-3-5-6(4)11-5/h4-6H,2-3H2,1H3. The van der Waals surface area contributed by atoms with Crippen molar-refractivity contribution in [1.29, 1.82) is 0 Å². The van der Waals surface area contributed by atoms with Crippen LogP contribution in [-0.4, -0.2) is 31.6 Å². The summed E-state index contributed by atoms with van der Waals surface area (Å²) >= 11 is 0. The van der Waals surface area contributed by atoms with Crippen LogP contribution >= 0.6 is 0 Å². The normalized spacial score (nSPS) is 42.6. The molecular formula is C7H10O4. The van der Waals surface area contributed by atoms with Crippen LogP contribution in [0.25, 0.3) is 0 Å². The Morgan fingerprint density at radius 2 is 2.09 bits per heavy atom. The lowest BCUT2D eigenvalue weighted by atomic mass is 10.1. The van der Waals surface area contributed by atoms with Gasteiger partial charge in [0, 0.05) is 5.92 Å². The smallest absolute Gasteiger partial charge is 0.434 e. The molecule has 4 heteroatoms. The van der Waals surface area contributed by atoms with Crippen molar-refractivity contribution in [2.45, 2.75) is 19.1 Å². The zero-order valence-corrected chi connectivity index (χ0v) is 6.28. The van der Waals surface area contributed by atoms with Crippen molar-refractivity contribution in [3.63, 3.8) is 0 Å². The molecule has 0 aromatic carbocycles. The van der Waals surface area contributed by atoms with Gasteiger partial charge in [0.15, 0.2) is 0 Å². The zero-order chi connectivity index (χ0) is 7.84. The number of hydrogen-bond acceptors (Lipinski definition) is 4. The van der Waals surface area contributed by atoms with Gasteiger partial charge in [-0.2, -0.15) is 0 Å². The Balaban J connectivity index is 1.95. The first-order valence-corrected chi connectivity index (χ1v) is 3.72. The molecule has 62 valence electrons. The van der Waals surface area contributed by atoms with Gasteiger partial charge in [-0.05, 0) is 0 Å². The highest BCUT2D eigenvalue weighted by molar-refractivity contribution is 5.60. The minimum absolute atomic E-state index is 0.123. The van der Waals surface area contributed by atoms with E-state index in [2.05, 4.69) is 0 Å². The number of rotatable bonds is 0. The van der Waals surface area contributed by atoms with Gasteiger partial charge in [0.1, 0.15) is 19.3 Å². The summed E-state index contributed by atoms with van der Waals surface area (Å²) in [7, 11) is 0. The molecule has 0 bridgehead atoms. The van der Waals surface area contributed by atoms with E-state index < -0.39 is 6.16 Å². The van der Waals surface area contributed by atoms with Crippen LogP contribution in [0.5, 0.6) is 0 Å². The summed E-state index contributed by atoms with van der Waals surface area (Å²) in [5, 5.41) is 0. The van der Waals surface area contributed by atoms with E-state index in [4.69, 9.17) is 14.2 Å². The molecule has 0 amide bonds. The average Bonchev–Trinajstić information content (AvgIpc) is 2.73. The second kappa shape index (κ2) is 2.37. The van der Waals surface area contributed by atoms with Gasteiger partial charge in [-0.3, -0.25) is 0 Å². The van der Waals surface area contributed by atoms with Crippen LogP contribution in [0, 0.1) is 5.92 Å². The van der Waals surface area contributed by atoms with E-state index in [1.165, 1.54) is 0 Å². The fourth-order valence-corrected chi connectivity index (χ4v) is 1.28. The van der Waals surface area contributed by atoms with E-state index in [-0.39, 0.29) is 12.2 Å². The van der Waals surface area contributed by atoms with Gasteiger partial charge < -0.3 is 14.2 Å². The van der Waals surface area contributed by atoms with E-state index in [9.17, 15) is 4.79 Å². The molecule has 2 aliphatic rings. The van der Waals surface area contributed by atoms with Crippen molar-refractivity contribution in [2.24, 2.45) is 5.92 Å². The summed E-state index contributed by atoms with van der Waals surface area (Å²) in [5.74, 6) is 0.299. The molecule has 2 rings (SSSR count). The predicted molar refractivity (Wildman–Crippen MR) is 35.1 cm³/mol. The maximum absolute atomic E-state index is 10.6. The SMILES string of the molecule is CC1COC(=O)OCC2OC12. The van der Waals surface area contributed by atoms with Crippen molar-refractivity contribution in [1.82, 2.24) is 0 Å².